The minimum absolute atomic E-state index is 0.308. The van der Waals surface area contributed by atoms with Crippen LogP contribution in [0.4, 0.5) is 0 Å². The second-order valence-corrected chi connectivity index (χ2v) is 5.79. The van der Waals surface area contributed by atoms with Crippen LogP contribution < -0.4 is 4.74 Å². The molecule has 0 bridgehead atoms. The Morgan fingerprint density at radius 1 is 0.955 bits per heavy atom. The van der Waals surface area contributed by atoms with E-state index in [1.807, 2.05) is 48.5 Å². The van der Waals surface area contributed by atoms with Crippen molar-refractivity contribution in [2.75, 3.05) is 13.2 Å². The third-order valence-corrected chi connectivity index (χ3v) is 3.59. The van der Waals surface area contributed by atoms with E-state index in [0.29, 0.717) is 19.2 Å². The molecule has 1 unspecified atom stereocenters. The molecule has 2 aromatic carbocycles. The first-order valence-corrected chi connectivity index (χ1v) is 7.79. The number of aliphatic hydroxyl groups excluding tert-OH is 1. The Labute approximate surface area is 133 Å². The molecule has 0 saturated carbocycles. The summed E-state index contributed by atoms with van der Waals surface area (Å²) < 4.78 is 5.62. The van der Waals surface area contributed by atoms with E-state index in [1.54, 1.807) is 0 Å². The molecule has 0 aliphatic carbocycles. The summed E-state index contributed by atoms with van der Waals surface area (Å²) in [6, 6.07) is 20.3. The second kappa shape index (κ2) is 8.57. The van der Waals surface area contributed by atoms with Gasteiger partial charge in [-0.3, -0.25) is 4.90 Å². The van der Waals surface area contributed by atoms with E-state index in [-0.39, 0.29) is 0 Å². The first-order valence-electron chi connectivity index (χ1n) is 7.79. The van der Waals surface area contributed by atoms with Gasteiger partial charge in [-0.2, -0.15) is 0 Å². The lowest BCUT2D eigenvalue weighted by atomic mass is 10.1. The molecule has 2 aromatic rings. The quantitative estimate of drug-likeness (QED) is 0.811. The van der Waals surface area contributed by atoms with Crippen LogP contribution in [0.3, 0.4) is 0 Å². The molecule has 0 saturated heterocycles. The van der Waals surface area contributed by atoms with Crippen molar-refractivity contribution in [1.29, 1.82) is 0 Å². The Kier molecular flexibility index (Phi) is 6.44. The molecule has 3 heteroatoms. The van der Waals surface area contributed by atoms with Gasteiger partial charge in [0.2, 0.25) is 0 Å². The highest BCUT2D eigenvalue weighted by molar-refractivity contribution is 5.21. The maximum absolute atomic E-state index is 10.2. The van der Waals surface area contributed by atoms with Crippen LogP contribution >= 0.6 is 0 Å². The van der Waals surface area contributed by atoms with E-state index in [2.05, 4.69) is 30.9 Å². The molecule has 0 radical (unpaired) electrons. The van der Waals surface area contributed by atoms with Crippen LogP contribution in [0, 0.1) is 0 Å². The molecule has 0 heterocycles. The zero-order valence-corrected chi connectivity index (χ0v) is 13.4. The van der Waals surface area contributed by atoms with E-state index in [1.165, 1.54) is 5.56 Å². The maximum atomic E-state index is 10.2. The standard InChI is InChI=1S/C19H25NO2/c1-16(2)20(13-17-9-5-3-6-10-17)14-18(21)15-22-19-11-7-4-8-12-19/h3-12,16,18,21H,13-15H2,1-2H3. The summed E-state index contributed by atoms with van der Waals surface area (Å²) in [5, 5.41) is 10.2. The van der Waals surface area contributed by atoms with E-state index in [9.17, 15) is 5.11 Å². The highest BCUT2D eigenvalue weighted by Crippen LogP contribution is 2.11. The summed E-state index contributed by atoms with van der Waals surface area (Å²) >= 11 is 0. The molecule has 0 aliphatic heterocycles. The Bertz CT molecular complexity index is 528. The lowest BCUT2D eigenvalue weighted by molar-refractivity contribution is 0.0543. The summed E-state index contributed by atoms with van der Waals surface area (Å²) in [4.78, 5) is 2.26. The Morgan fingerprint density at radius 3 is 2.14 bits per heavy atom. The highest BCUT2D eigenvalue weighted by Gasteiger charge is 2.15. The Hall–Kier alpha value is -1.84. The van der Waals surface area contributed by atoms with Crippen LogP contribution in [-0.4, -0.2) is 35.3 Å². The van der Waals surface area contributed by atoms with E-state index in [4.69, 9.17) is 4.74 Å². The van der Waals surface area contributed by atoms with E-state index in [0.717, 1.165) is 12.3 Å². The number of ether oxygens (including phenoxy) is 1. The van der Waals surface area contributed by atoms with Crippen molar-refractivity contribution in [3.8, 4) is 5.75 Å². The van der Waals surface area contributed by atoms with Crippen LogP contribution in [0.5, 0.6) is 5.75 Å². The molecule has 3 nitrogen and oxygen atoms in total. The average molecular weight is 299 g/mol. The van der Waals surface area contributed by atoms with Gasteiger partial charge in [-0.05, 0) is 31.5 Å². The summed E-state index contributed by atoms with van der Waals surface area (Å²) in [6.45, 7) is 6.03. The molecule has 1 N–H and O–H groups in total. The number of aliphatic hydroxyl groups is 1. The number of benzene rings is 2. The van der Waals surface area contributed by atoms with E-state index < -0.39 is 6.10 Å². The first kappa shape index (κ1) is 16.5. The molecule has 0 amide bonds. The van der Waals surface area contributed by atoms with Crippen molar-refractivity contribution in [3.63, 3.8) is 0 Å². The van der Waals surface area contributed by atoms with Crippen molar-refractivity contribution in [2.45, 2.75) is 32.5 Å². The van der Waals surface area contributed by atoms with Crippen LogP contribution in [0.2, 0.25) is 0 Å². The predicted molar refractivity (Wildman–Crippen MR) is 89.9 cm³/mol. The van der Waals surface area contributed by atoms with Crippen molar-refractivity contribution in [2.24, 2.45) is 0 Å². The minimum Gasteiger partial charge on any atom is -0.491 e. The molecule has 2 rings (SSSR count). The van der Waals surface area contributed by atoms with Crippen LogP contribution in [0.1, 0.15) is 19.4 Å². The van der Waals surface area contributed by atoms with Gasteiger partial charge in [0.15, 0.2) is 0 Å². The van der Waals surface area contributed by atoms with Gasteiger partial charge in [-0.15, -0.1) is 0 Å². The van der Waals surface area contributed by atoms with Gasteiger partial charge in [-0.25, -0.2) is 0 Å². The highest BCUT2D eigenvalue weighted by atomic mass is 16.5. The van der Waals surface area contributed by atoms with Crippen LogP contribution in [-0.2, 0) is 6.54 Å². The monoisotopic (exact) mass is 299 g/mol. The fourth-order valence-corrected chi connectivity index (χ4v) is 2.31. The fourth-order valence-electron chi connectivity index (χ4n) is 2.31. The summed E-state index contributed by atoms with van der Waals surface area (Å²) in [6.07, 6.45) is -0.508. The topological polar surface area (TPSA) is 32.7 Å². The number of hydrogen-bond acceptors (Lipinski definition) is 3. The smallest absolute Gasteiger partial charge is 0.119 e. The summed E-state index contributed by atoms with van der Waals surface area (Å²) in [5.74, 6) is 0.792. The number of para-hydroxylation sites is 1. The maximum Gasteiger partial charge on any atom is 0.119 e. The van der Waals surface area contributed by atoms with Gasteiger partial charge >= 0.3 is 0 Å². The second-order valence-electron chi connectivity index (χ2n) is 5.79. The van der Waals surface area contributed by atoms with Gasteiger partial charge in [0.05, 0.1) is 0 Å². The molecule has 118 valence electrons. The van der Waals surface area contributed by atoms with Crippen molar-refractivity contribution >= 4 is 0 Å². The van der Waals surface area contributed by atoms with E-state index >= 15 is 0 Å². The summed E-state index contributed by atoms with van der Waals surface area (Å²) in [7, 11) is 0. The normalized spacial score (nSPS) is 12.6. The van der Waals surface area contributed by atoms with Gasteiger partial charge in [0.1, 0.15) is 18.5 Å². The fraction of sp³-hybridized carbons (Fsp3) is 0.368. The zero-order valence-electron chi connectivity index (χ0n) is 13.4. The predicted octanol–water partition coefficient (Wildman–Crippen LogP) is 3.34. The third kappa shape index (κ3) is 5.51. The largest absolute Gasteiger partial charge is 0.491 e. The Balaban J connectivity index is 1.85. The number of hydrogen-bond donors (Lipinski definition) is 1. The molecular formula is C19H25NO2. The molecule has 0 aromatic heterocycles. The zero-order chi connectivity index (χ0) is 15.8. The van der Waals surface area contributed by atoms with Gasteiger partial charge in [0.25, 0.3) is 0 Å². The minimum atomic E-state index is -0.508. The molecular weight excluding hydrogens is 274 g/mol. The number of nitrogens with zero attached hydrogens (tertiary/aromatic N) is 1. The molecule has 1 atom stereocenters. The van der Waals surface area contributed by atoms with Crippen molar-refractivity contribution in [3.05, 3.63) is 66.2 Å². The molecule has 22 heavy (non-hydrogen) atoms. The number of rotatable bonds is 8. The average Bonchev–Trinajstić information content (AvgIpc) is 2.54. The lowest BCUT2D eigenvalue weighted by Gasteiger charge is -2.28. The van der Waals surface area contributed by atoms with Crippen molar-refractivity contribution < 1.29 is 9.84 Å². The molecule has 0 aliphatic rings. The lowest BCUT2D eigenvalue weighted by Crippen LogP contribution is -2.39. The third-order valence-electron chi connectivity index (χ3n) is 3.59. The molecule has 0 spiro atoms. The SMILES string of the molecule is CC(C)N(Cc1ccccc1)CC(O)COc1ccccc1. The van der Waals surface area contributed by atoms with Crippen LogP contribution in [0.25, 0.3) is 0 Å². The van der Waals surface area contributed by atoms with Crippen LogP contribution in [0.15, 0.2) is 60.7 Å². The van der Waals surface area contributed by atoms with Crippen molar-refractivity contribution in [1.82, 2.24) is 4.90 Å². The van der Waals surface area contributed by atoms with Gasteiger partial charge in [0, 0.05) is 19.1 Å². The Morgan fingerprint density at radius 2 is 1.55 bits per heavy atom. The first-order chi connectivity index (χ1) is 10.6. The van der Waals surface area contributed by atoms with Gasteiger partial charge < -0.3 is 9.84 Å². The summed E-state index contributed by atoms with van der Waals surface area (Å²) in [5.41, 5.74) is 1.26. The molecule has 0 fully saturated rings. The van der Waals surface area contributed by atoms with Gasteiger partial charge in [-0.1, -0.05) is 48.5 Å².